The van der Waals surface area contributed by atoms with Crippen LogP contribution in [0.25, 0.3) is 0 Å². The van der Waals surface area contributed by atoms with Gasteiger partial charge in [-0.2, -0.15) is 13.2 Å². The van der Waals surface area contributed by atoms with E-state index in [0.29, 0.717) is 11.8 Å². The predicted molar refractivity (Wildman–Crippen MR) is 76.2 cm³/mol. The third-order valence-corrected chi connectivity index (χ3v) is 3.16. The van der Waals surface area contributed by atoms with Gasteiger partial charge in [0.1, 0.15) is 11.9 Å². The van der Waals surface area contributed by atoms with Crippen LogP contribution in [-0.4, -0.2) is 10.9 Å². The van der Waals surface area contributed by atoms with Gasteiger partial charge in [0.25, 0.3) is 0 Å². The lowest BCUT2D eigenvalue weighted by Gasteiger charge is -2.18. The highest BCUT2D eigenvalue weighted by atomic mass is 35.5. The maximum absolute atomic E-state index is 12.6. The minimum Gasteiger partial charge on any atom is -0.368 e. The second kappa shape index (κ2) is 6.23. The smallest absolute Gasteiger partial charge is 0.368 e. The number of carbonyl (C=O) groups is 1. The van der Waals surface area contributed by atoms with Crippen molar-refractivity contribution in [1.29, 1.82) is 0 Å². The normalized spacial score (nSPS) is 12.7. The molecule has 1 heterocycles. The van der Waals surface area contributed by atoms with Crippen LogP contribution in [0.2, 0.25) is 5.02 Å². The van der Waals surface area contributed by atoms with Crippen molar-refractivity contribution in [3.63, 3.8) is 0 Å². The Labute approximate surface area is 129 Å². The van der Waals surface area contributed by atoms with Crippen LogP contribution in [0.1, 0.15) is 17.2 Å². The van der Waals surface area contributed by atoms with Crippen molar-refractivity contribution in [3.05, 3.63) is 58.7 Å². The molecular formula is C14H11ClF3N3O. The number of aromatic nitrogens is 1. The molecule has 116 valence electrons. The van der Waals surface area contributed by atoms with E-state index in [1.165, 1.54) is 0 Å². The zero-order chi connectivity index (χ0) is 16.3. The highest BCUT2D eigenvalue weighted by Crippen LogP contribution is 2.33. The molecular weight excluding hydrogens is 319 g/mol. The summed E-state index contributed by atoms with van der Waals surface area (Å²) in [5.41, 5.74) is 4.89. The number of hydrogen-bond acceptors (Lipinski definition) is 3. The first-order valence-corrected chi connectivity index (χ1v) is 6.50. The molecule has 0 saturated carbocycles. The van der Waals surface area contributed by atoms with Gasteiger partial charge in [-0.05, 0) is 11.6 Å². The molecule has 0 radical (unpaired) electrons. The highest BCUT2D eigenvalue weighted by Gasteiger charge is 2.32. The number of halogens is 4. The minimum absolute atomic E-state index is 0.0534. The molecule has 1 unspecified atom stereocenters. The van der Waals surface area contributed by atoms with E-state index in [-0.39, 0.29) is 10.8 Å². The molecule has 0 saturated heterocycles. The van der Waals surface area contributed by atoms with Crippen molar-refractivity contribution >= 4 is 23.3 Å². The summed E-state index contributed by atoms with van der Waals surface area (Å²) in [5.74, 6) is -0.758. The molecule has 2 aromatic rings. The molecule has 1 aromatic heterocycles. The van der Waals surface area contributed by atoms with Crippen molar-refractivity contribution in [1.82, 2.24) is 4.98 Å². The van der Waals surface area contributed by atoms with Crippen LogP contribution in [0.3, 0.4) is 0 Å². The fraction of sp³-hybridized carbons (Fsp3) is 0.143. The number of pyridine rings is 1. The van der Waals surface area contributed by atoms with E-state index < -0.39 is 23.7 Å². The molecule has 1 aromatic carbocycles. The third kappa shape index (κ3) is 3.67. The monoisotopic (exact) mass is 329 g/mol. The van der Waals surface area contributed by atoms with E-state index in [9.17, 15) is 18.0 Å². The molecule has 1 amide bonds. The van der Waals surface area contributed by atoms with Crippen LogP contribution in [-0.2, 0) is 11.0 Å². The summed E-state index contributed by atoms with van der Waals surface area (Å²) < 4.78 is 37.7. The van der Waals surface area contributed by atoms with Gasteiger partial charge in [0.05, 0.1) is 10.6 Å². The lowest BCUT2D eigenvalue weighted by atomic mass is 10.1. The van der Waals surface area contributed by atoms with Gasteiger partial charge in [-0.25, -0.2) is 4.98 Å². The van der Waals surface area contributed by atoms with Crippen LogP contribution in [0, 0.1) is 0 Å². The van der Waals surface area contributed by atoms with Gasteiger partial charge < -0.3 is 11.1 Å². The van der Waals surface area contributed by atoms with E-state index in [1.807, 2.05) is 0 Å². The van der Waals surface area contributed by atoms with Crippen LogP contribution < -0.4 is 11.1 Å². The number of alkyl halides is 3. The zero-order valence-electron chi connectivity index (χ0n) is 11.1. The quantitative estimate of drug-likeness (QED) is 0.903. The topological polar surface area (TPSA) is 68.0 Å². The Kier molecular flexibility index (Phi) is 4.56. The SMILES string of the molecule is NC(=O)C(Nc1ncc(C(F)(F)F)cc1Cl)c1ccccc1. The number of benzene rings is 1. The molecule has 0 bridgehead atoms. The zero-order valence-corrected chi connectivity index (χ0v) is 11.8. The number of nitrogens with zero attached hydrogens (tertiary/aromatic N) is 1. The number of anilines is 1. The summed E-state index contributed by atoms with van der Waals surface area (Å²) in [6.07, 6.45) is -3.91. The molecule has 2 rings (SSSR count). The number of carbonyl (C=O) groups excluding carboxylic acids is 1. The molecule has 8 heteroatoms. The number of rotatable bonds is 4. The largest absolute Gasteiger partial charge is 0.417 e. The predicted octanol–water partition coefficient (Wildman–Crippen LogP) is 3.39. The number of amides is 1. The lowest BCUT2D eigenvalue weighted by molar-refractivity contribution is -0.137. The Bertz CT molecular complexity index is 677. The Balaban J connectivity index is 2.30. The summed E-state index contributed by atoms with van der Waals surface area (Å²) in [5, 5.41) is 2.40. The third-order valence-electron chi connectivity index (χ3n) is 2.87. The van der Waals surface area contributed by atoms with E-state index in [0.717, 1.165) is 6.07 Å². The van der Waals surface area contributed by atoms with E-state index in [1.54, 1.807) is 30.3 Å². The number of nitrogens with two attached hydrogens (primary N) is 1. The second-order valence-corrected chi connectivity index (χ2v) is 4.85. The molecule has 0 spiro atoms. The van der Waals surface area contributed by atoms with Crippen molar-refractivity contribution in [2.45, 2.75) is 12.2 Å². The summed E-state index contributed by atoms with van der Waals surface area (Å²) >= 11 is 5.79. The van der Waals surface area contributed by atoms with Gasteiger partial charge in [-0.15, -0.1) is 0 Å². The van der Waals surface area contributed by atoms with Gasteiger partial charge in [0.15, 0.2) is 0 Å². The van der Waals surface area contributed by atoms with Crippen LogP contribution in [0.5, 0.6) is 0 Å². The second-order valence-electron chi connectivity index (χ2n) is 4.44. The molecule has 22 heavy (non-hydrogen) atoms. The van der Waals surface area contributed by atoms with Gasteiger partial charge in [0.2, 0.25) is 5.91 Å². The lowest BCUT2D eigenvalue weighted by Crippen LogP contribution is -2.28. The molecule has 0 fully saturated rings. The Morgan fingerprint density at radius 2 is 1.91 bits per heavy atom. The maximum atomic E-state index is 12.6. The Morgan fingerprint density at radius 1 is 1.27 bits per heavy atom. The molecule has 0 aliphatic rings. The van der Waals surface area contributed by atoms with Crippen molar-refractivity contribution in [2.75, 3.05) is 5.32 Å². The van der Waals surface area contributed by atoms with E-state index in [4.69, 9.17) is 17.3 Å². The van der Waals surface area contributed by atoms with Crippen molar-refractivity contribution in [2.24, 2.45) is 5.73 Å². The first kappa shape index (κ1) is 16.1. The van der Waals surface area contributed by atoms with Crippen LogP contribution in [0.15, 0.2) is 42.6 Å². The fourth-order valence-corrected chi connectivity index (χ4v) is 2.02. The van der Waals surface area contributed by atoms with E-state index >= 15 is 0 Å². The summed E-state index contributed by atoms with van der Waals surface area (Å²) in [6.45, 7) is 0. The van der Waals surface area contributed by atoms with Crippen LogP contribution in [0.4, 0.5) is 19.0 Å². The molecule has 0 aliphatic heterocycles. The van der Waals surface area contributed by atoms with Crippen molar-refractivity contribution < 1.29 is 18.0 Å². The average molecular weight is 330 g/mol. The van der Waals surface area contributed by atoms with Gasteiger partial charge in [-0.3, -0.25) is 4.79 Å². The van der Waals surface area contributed by atoms with E-state index in [2.05, 4.69) is 10.3 Å². The number of hydrogen-bond donors (Lipinski definition) is 2. The first-order valence-electron chi connectivity index (χ1n) is 6.12. The Morgan fingerprint density at radius 3 is 2.41 bits per heavy atom. The summed E-state index contributed by atoms with van der Waals surface area (Å²) in [6, 6.07) is 8.25. The maximum Gasteiger partial charge on any atom is 0.417 e. The molecule has 3 N–H and O–H groups in total. The molecule has 1 atom stereocenters. The van der Waals surface area contributed by atoms with Gasteiger partial charge >= 0.3 is 6.18 Å². The Hall–Kier alpha value is -2.28. The number of primary amides is 1. The van der Waals surface area contributed by atoms with Gasteiger partial charge in [0, 0.05) is 6.20 Å². The first-order chi connectivity index (χ1) is 10.3. The highest BCUT2D eigenvalue weighted by molar-refractivity contribution is 6.33. The van der Waals surface area contributed by atoms with Crippen LogP contribution >= 0.6 is 11.6 Å². The molecule has 4 nitrogen and oxygen atoms in total. The minimum atomic E-state index is -4.54. The number of nitrogens with one attached hydrogen (secondary N) is 1. The summed E-state index contributed by atoms with van der Waals surface area (Å²) in [7, 11) is 0. The molecule has 0 aliphatic carbocycles. The van der Waals surface area contributed by atoms with Gasteiger partial charge in [-0.1, -0.05) is 41.9 Å². The van der Waals surface area contributed by atoms with Crippen molar-refractivity contribution in [3.8, 4) is 0 Å². The summed E-state index contributed by atoms with van der Waals surface area (Å²) in [4.78, 5) is 15.2. The average Bonchev–Trinajstić information content (AvgIpc) is 2.45. The standard InChI is InChI=1S/C14H11ClF3N3O/c15-10-6-9(14(16,17)18)7-20-13(10)21-11(12(19)22)8-4-2-1-3-5-8/h1-7,11H,(H2,19,22)(H,20,21). The fourth-order valence-electron chi connectivity index (χ4n) is 1.80.